The molecule has 0 aliphatic carbocycles. The summed E-state index contributed by atoms with van der Waals surface area (Å²) < 4.78 is 0. The first-order valence-corrected chi connectivity index (χ1v) is 7.30. The summed E-state index contributed by atoms with van der Waals surface area (Å²) in [5, 5.41) is 6.23. The molecule has 1 fully saturated rings. The van der Waals surface area contributed by atoms with Crippen molar-refractivity contribution in [3.8, 4) is 0 Å². The molecule has 2 amide bonds. The number of hydrogen-bond acceptors (Lipinski definition) is 2. The molecular weight excluding hydrogens is 250 g/mol. The Labute approximate surface area is 121 Å². The van der Waals surface area contributed by atoms with Crippen LogP contribution in [-0.4, -0.2) is 37.1 Å². The lowest BCUT2D eigenvalue weighted by Gasteiger charge is -2.27. The smallest absolute Gasteiger partial charge is 0.317 e. The Bertz CT molecular complexity index is 442. The van der Waals surface area contributed by atoms with Gasteiger partial charge in [0.05, 0.1) is 0 Å². The van der Waals surface area contributed by atoms with Crippen molar-refractivity contribution in [3.63, 3.8) is 0 Å². The second-order valence-corrected chi connectivity index (χ2v) is 6.34. The summed E-state index contributed by atoms with van der Waals surface area (Å²) in [6.07, 6.45) is 0. The molecule has 2 N–H and O–H groups in total. The molecule has 2 rings (SSSR count). The van der Waals surface area contributed by atoms with E-state index in [1.54, 1.807) is 0 Å². The maximum atomic E-state index is 12.0. The zero-order chi connectivity index (χ0) is 14.6. The Balaban J connectivity index is 1.86. The van der Waals surface area contributed by atoms with Gasteiger partial charge in [-0.2, -0.15) is 0 Å². The number of nitrogens with zero attached hydrogens (tertiary/aromatic N) is 1. The molecule has 0 aromatic heterocycles. The van der Waals surface area contributed by atoms with E-state index in [9.17, 15) is 4.79 Å². The number of nitrogens with one attached hydrogen (secondary N) is 2. The Hall–Kier alpha value is -1.55. The predicted molar refractivity (Wildman–Crippen MR) is 81.8 cm³/mol. The van der Waals surface area contributed by atoms with Crippen LogP contribution in [0.1, 0.15) is 31.9 Å². The standard InChI is InChI=1S/C16H25N3O/c1-16(2,3)14-6-4-13(5-7-14)12-18-15(20)19-10-8-17-9-11-19/h4-7,17H,8-12H2,1-3H3,(H,18,20). The van der Waals surface area contributed by atoms with Crippen LogP contribution in [0.15, 0.2) is 24.3 Å². The zero-order valence-electron chi connectivity index (χ0n) is 12.7. The third-order valence-corrected chi connectivity index (χ3v) is 3.67. The number of benzene rings is 1. The first kappa shape index (κ1) is 14.9. The predicted octanol–water partition coefficient (Wildman–Crippen LogP) is 2.10. The van der Waals surface area contributed by atoms with Crippen molar-refractivity contribution in [1.82, 2.24) is 15.5 Å². The number of amides is 2. The quantitative estimate of drug-likeness (QED) is 0.868. The SMILES string of the molecule is CC(C)(C)c1ccc(CNC(=O)N2CCNCC2)cc1. The minimum atomic E-state index is 0.0337. The van der Waals surface area contributed by atoms with Crippen molar-refractivity contribution < 1.29 is 4.79 Å². The Morgan fingerprint density at radius 2 is 1.80 bits per heavy atom. The first-order valence-electron chi connectivity index (χ1n) is 7.30. The van der Waals surface area contributed by atoms with Crippen molar-refractivity contribution in [2.45, 2.75) is 32.7 Å². The van der Waals surface area contributed by atoms with Gasteiger partial charge in [0.1, 0.15) is 0 Å². The number of urea groups is 1. The Morgan fingerprint density at radius 3 is 2.35 bits per heavy atom. The number of hydrogen-bond donors (Lipinski definition) is 2. The third-order valence-electron chi connectivity index (χ3n) is 3.67. The number of piperazine rings is 1. The fraction of sp³-hybridized carbons (Fsp3) is 0.562. The van der Waals surface area contributed by atoms with Crippen molar-refractivity contribution in [2.75, 3.05) is 26.2 Å². The summed E-state index contributed by atoms with van der Waals surface area (Å²) >= 11 is 0. The summed E-state index contributed by atoms with van der Waals surface area (Å²) in [5.74, 6) is 0. The molecule has 0 unspecified atom stereocenters. The minimum absolute atomic E-state index is 0.0337. The molecule has 110 valence electrons. The largest absolute Gasteiger partial charge is 0.334 e. The van der Waals surface area contributed by atoms with Crippen LogP contribution < -0.4 is 10.6 Å². The van der Waals surface area contributed by atoms with E-state index in [4.69, 9.17) is 0 Å². The fourth-order valence-electron chi connectivity index (χ4n) is 2.28. The number of carbonyl (C=O) groups excluding carboxylic acids is 1. The Morgan fingerprint density at radius 1 is 1.20 bits per heavy atom. The molecule has 4 nitrogen and oxygen atoms in total. The molecule has 1 aliphatic heterocycles. The monoisotopic (exact) mass is 275 g/mol. The van der Waals surface area contributed by atoms with Crippen LogP contribution in [0.25, 0.3) is 0 Å². The van der Waals surface area contributed by atoms with E-state index in [2.05, 4.69) is 55.7 Å². The number of rotatable bonds is 2. The van der Waals surface area contributed by atoms with Crippen LogP contribution in [0.4, 0.5) is 4.79 Å². The van der Waals surface area contributed by atoms with Crippen molar-refractivity contribution in [2.24, 2.45) is 0 Å². The summed E-state index contributed by atoms with van der Waals surface area (Å²) in [6, 6.07) is 8.52. The minimum Gasteiger partial charge on any atom is -0.334 e. The fourth-order valence-corrected chi connectivity index (χ4v) is 2.28. The third kappa shape index (κ3) is 3.97. The lowest BCUT2D eigenvalue weighted by molar-refractivity contribution is 0.190. The van der Waals surface area contributed by atoms with Crippen molar-refractivity contribution in [1.29, 1.82) is 0 Å². The van der Waals surface area contributed by atoms with E-state index >= 15 is 0 Å². The summed E-state index contributed by atoms with van der Waals surface area (Å²) in [7, 11) is 0. The molecule has 0 radical (unpaired) electrons. The van der Waals surface area contributed by atoms with Crippen molar-refractivity contribution >= 4 is 6.03 Å². The van der Waals surface area contributed by atoms with Crippen LogP contribution >= 0.6 is 0 Å². The van der Waals surface area contributed by atoms with E-state index in [1.807, 2.05) is 4.90 Å². The molecule has 1 aromatic rings. The van der Waals surface area contributed by atoms with Gasteiger partial charge in [0.15, 0.2) is 0 Å². The molecule has 1 heterocycles. The van der Waals surface area contributed by atoms with Gasteiger partial charge < -0.3 is 15.5 Å². The molecule has 0 saturated carbocycles. The maximum absolute atomic E-state index is 12.0. The molecule has 0 spiro atoms. The van der Waals surface area contributed by atoms with Gasteiger partial charge in [-0.15, -0.1) is 0 Å². The Kier molecular flexibility index (Phi) is 4.65. The highest BCUT2D eigenvalue weighted by Crippen LogP contribution is 2.22. The van der Waals surface area contributed by atoms with Gasteiger partial charge in [0, 0.05) is 32.7 Å². The van der Waals surface area contributed by atoms with Gasteiger partial charge in [0.25, 0.3) is 0 Å². The molecule has 1 aliphatic rings. The molecule has 1 aromatic carbocycles. The van der Waals surface area contributed by atoms with Crippen LogP contribution in [0.5, 0.6) is 0 Å². The van der Waals surface area contributed by atoms with Crippen LogP contribution in [0.3, 0.4) is 0 Å². The molecule has 1 saturated heterocycles. The molecule has 4 heteroatoms. The molecule has 0 atom stereocenters. The molecule has 0 bridgehead atoms. The molecule has 20 heavy (non-hydrogen) atoms. The van der Waals surface area contributed by atoms with Gasteiger partial charge in [-0.25, -0.2) is 4.79 Å². The zero-order valence-corrected chi connectivity index (χ0v) is 12.7. The highest BCUT2D eigenvalue weighted by atomic mass is 16.2. The van der Waals surface area contributed by atoms with Gasteiger partial charge in [-0.3, -0.25) is 0 Å². The lowest BCUT2D eigenvalue weighted by Crippen LogP contribution is -2.50. The first-order chi connectivity index (χ1) is 9.47. The van der Waals surface area contributed by atoms with Gasteiger partial charge in [0.2, 0.25) is 0 Å². The topological polar surface area (TPSA) is 44.4 Å². The summed E-state index contributed by atoms with van der Waals surface area (Å²) in [4.78, 5) is 13.8. The van der Waals surface area contributed by atoms with E-state index in [0.717, 1.165) is 31.7 Å². The molecular formula is C16H25N3O. The van der Waals surface area contributed by atoms with Crippen LogP contribution in [0, 0.1) is 0 Å². The lowest BCUT2D eigenvalue weighted by atomic mass is 9.87. The van der Waals surface area contributed by atoms with E-state index in [1.165, 1.54) is 5.56 Å². The van der Waals surface area contributed by atoms with E-state index in [-0.39, 0.29) is 11.4 Å². The van der Waals surface area contributed by atoms with E-state index in [0.29, 0.717) is 6.54 Å². The normalized spacial score (nSPS) is 16.1. The average Bonchev–Trinajstić information content (AvgIpc) is 2.45. The second kappa shape index (κ2) is 6.27. The van der Waals surface area contributed by atoms with Gasteiger partial charge >= 0.3 is 6.03 Å². The average molecular weight is 275 g/mol. The van der Waals surface area contributed by atoms with Gasteiger partial charge in [-0.1, -0.05) is 45.0 Å². The highest BCUT2D eigenvalue weighted by Gasteiger charge is 2.16. The highest BCUT2D eigenvalue weighted by molar-refractivity contribution is 5.74. The van der Waals surface area contributed by atoms with Gasteiger partial charge in [-0.05, 0) is 16.5 Å². The second-order valence-electron chi connectivity index (χ2n) is 6.34. The summed E-state index contributed by atoms with van der Waals surface area (Å²) in [6.45, 7) is 10.5. The maximum Gasteiger partial charge on any atom is 0.317 e. The van der Waals surface area contributed by atoms with E-state index < -0.39 is 0 Å². The number of carbonyl (C=O) groups is 1. The summed E-state index contributed by atoms with van der Waals surface area (Å²) in [5.41, 5.74) is 2.62. The van der Waals surface area contributed by atoms with Crippen molar-refractivity contribution in [3.05, 3.63) is 35.4 Å². The van der Waals surface area contributed by atoms with Crippen LogP contribution in [-0.2, 0) is 12.0 Å². The van der Waals surface area contributed by atoms with Crippen LogP contribution in [0.2, 0.25) is 0 Å².